The Hall–Kier alpha value is -3.06. The van der Waals surface area contributed by atoms with Crippen molar-refractivity contribution in [2.24, 2.45) is 9.98 Å². The van der Waals surface area contributed by atoms with E-state index in [9.17, 15) is 4.39 Å². The van der Waals surface area contributed by atoms with E-state index in [1.165, 1.54) is 12.1 Å². The van der Waals surface area contributed by atoms with E-state index < -0.39 is 0 Å². The third-order valence-electron chi connectivity index (χ3n) is 4.15. The third-order valence-corrected chi connectivity index (χ3v) is 4.15. The Balaban J connectivity index is 1.73. The number of anilines is 1. The van der Waals surface area contributed by atoms with Gasteiger partial charge in [-0.2, -0.15) is 5.10 Å². The van der Waals surface area contributed by atoms with E-state index in [-0.39, 0.29) is 12.0 Å². The molecule has 27 heavy (non-hydrogen) atoms. The molecule has 7 heteroatoms. The molecule has 6 nitrogen and oxygen atoms in total. The Morgan fingerprint density at radius 2 is 2.15 bits per heavy atom. The van der Waals surface area contributed by atoms with Crippen LogP contribution < -0.4 is 10.6 Å². The van der Waals surface area contributed by atoms with Gasteiger partial charge in [-0.05, 0) is 56.8 Å². The zero-order chi connectivity index (χ0) is 19.2. The molecule has 1 unspecified atom stereocenters. The number of fused-ring (bicyclic) bond motifs is 1. The highest BCUT2D eigenvalue weighted by Gasteiger charge is 2.06. The predicted molar refractivity (Wildman–Crippen MR) is 109 cm³/mol. The fraction of sp³-hybridized carbons (Fsp3) is 0.250. The minimum atomic E-state index is -0.238. The highest BCUT2D eigenvalue weighted by Crippen LogP contribution is 2.20. The molecule has 0 amide bonds. The van der Waals surface area contributed by atoms with E-state index in [4.69, 9.17) is 0 Å². The summed E-state index contributed by atoms with van der Waals surface area (Å²) >= 11 is 0. The van der Waals surface area contributed by atoms with Gasteiger partial charge in [-0.1, -0.05) is 12.1 Å². The largest absolute Gasteiger partial charge is 0.344 e. The molecule has 0 aliphatic carbocycles. The molecule has 0 saturated heterocycles. The molecule has 0 aliphatic heterocycles. The van der Waals surface area contributed by atoms with Gasteiger partial charge < -0.3 is 5.32 Å². The maximum absolute atomic E-state index is 13.4. The van der Waals surface area contributed by atoms with Crippen molar-refractivity contribution < 1.29 is 4.39 Å². The topological polar surface area (TPSA) is 66.6 Å². The van der Waals surface area contributed by atoms with Gasteiger partial charge in [-0.25, -0.2) is 9.38 Å². The Morgan fingerprint density at radius 3 is 2.93 bits per heavy atom. The highest BCUT2D eigenvalue weighted by molar-refractivity contribution is 5.99. The second-order valence-electron chi connectivity index (χ2n) is 6.27. The smallest absolute Gasteiger partial charge is 0.123 e. The SMILES string of the molecule is CNC(C)N=CN=C(C)Nc1ccc2c(cnn2Cc2cccc(F)c2)c1. The molecule has 0 spiro atoms. The number of amidine groups is 1. The van der Waals surface area contributed by atoms with Crippen LogP contribution in [0.3, 0.4) is 0 Å². The van der Waals surface area contributed by atoms with Gasteiger partial charge in [0.15, 0.2) is 0 Å². The van der Waals surface area contributed by atoms with Crippen LogP contribution >= 0.6 is 0 Å². The lowest BCUT2D eigenvalue weighted by atomic mass is 10.2. The van der Waals surface area contributed by atoms with Crippen LogP contribution in [0.4, 0.5) is 10.1 Å². The van der Waals surface area contributed by atoms with Gasteiger partial charge in [0.2, 0.25) is 0 Å². The van der Waals surface area contributed by atoms with Crippen LogP contribution in [-0.4, -0.2) is 35.2 Å². The molecule has 0 radical (unpaired) electrons. The molecular weight excluding hydrogens is 343 g/mol. The van der Waals surface area contributed by atoms with E-state index in [2.05, 4.69) is 25.7 Å². The van der Waals surface area contributed by atoms with Crippen LogP contribution in [0, 0.1) is 5.82 Å². The Morgan fingerprint density at radius 1 is 1.30 bits per heavy atom. The summed E-state index contributed by atoms with van der Waals surface area (Å²) in [4.78, 5) is 8.49. The summed E-state index contributed by atoms with van der Waals surface area (Å²) in [5.74, 6) is 0.506. The van der Waals surface area contributed by atoms with Crippen LogP contribution in [0.2, 0.25) is 0 Å². The van der Waals surface area contributed by atoms with Gasteiger partial charge in [-0.15, -0.1) is 0 Å². The molecule has 2 N–H and O–H groups in total. The Kier molecular flexibility index (Phi) is 5.93. The van der Waals surface area contributed by atoms with Gasteiger partial charge in [-0.3, -0.25) is 15.0 Å². The van der Waals surface area contributed by atoms with Crippen molar-refractivity contribution in [2.75, 3.05) is 12.4 Å². The maximum Gasteiger partial charge on any atom is 0.123 e. The maximum atomic E-state index is 13.4. The average molecular weight is 366 g/mol. The van der Waals surface area contributed by atoms with Crippen LogP contribution in [0.1, 0.15) is 19.4 Å². The normalized spacial score (nSPS) is 13.4. The fourth-order valence-corrected chi connectivity index (χ4v) is 2.63. The minimum Gasteiger partial charge on any atom is -0.344 e. The number of rotatable bonds is 6. The van der Waals surface area contributed by atoms with Crippen molar-refractivity contribution in [3.05, 3.63) is 60.0 Å². The van der Waals surface area contributed by atoms with E-state index in [0.29, 0.717) is 6.54 Å². The van der Waals surface area contributed by atoms with Crippen molar-refractivity contribution in [3.8, 4) is 0 Å². The first-order valence-electron chi connectivity index (χ1n) is 8.75. The monoisotopic (exact) mass is 366 g/mol. The Bertz CT molecular complexity index is 976. The summed E-state index contributed by atoms with van der Waals surface area (Å²) in [7, 11) is 1.85. The standard InChI is InChI=1S/C20H23FN6/c1-14(22-3)23-13-24-15(2)26-19-7-8-20-17(10-19)11-25-27(20)12-16-5-4-6-18(21)9-16/h4-11,13-14,22H,12H2,1-3H3,(H,23,24,26). The zero-order valence-corrected chi connectivity index (χ0v) is 15.6. The quantitative estimate of drug-likeness (QED) is 0.517. The van der Waals surface area contributed by atoms with Gasteiger partial charge in [0, 0.05) is 11.1 Å². The van der Waals surface area contributed by atoms with Crippen molar-refractivity contribution in [3.63, 3.8) is 0 Å². The molecule has 3 aromatic rings. The molecule has 0 aliphatic rings. The van der Waals surface area contributed by atoms with Crippen molar-refractivity contribution >= 4 is 28.8 Å². The molecule has 140 valence electrons. The minimum absolute atomic E-state index is 0.0295. The molecule has 1 heterocycles. The number of halogens is 1. The van der Waals surface area contributed by atoms with Crippen molar-refractivity contribution in [1.82, 2.24) is 15.1 Å². The summed E-state index contributed by atoms with van der Waals surface area (Å²) in [6, 6.07) is 12.5. The molecule has 3 rings (SSSR count). The summed E-state index contributed by atoms with van der Waals surface area (Å²) in [6.07, 6.45) is 3.38. The molecule has 1 aromatic heterocycles. The lowest BCUT2D eigenvalue weighted by molar-refractivity contribution is 0.621. The van der Waals surface area contributed by atoms with Gasteiger partial charge in [0.1, 0.15) is 18.0 Å². The second kappa shape index (κ2) is 8.55. The zero-order valence-electron chi connectivity index (χ0n) is 15.6. The van der Waals surface area contributed by atoms with Gasteiger partial charge in [0.25, 0.3) is 0 Å². The van der Waals surface area contributed by atoms with Gasteiger partial charge in [0.05, 0.1) is 24.4 Å². The van der Waals surface area contributed by atoms with Crippen LogP contribution in [0.5, 0.6) is 0 Å². The van der Waals surface area contributed by atoms with Crippen LogP contribution in [-0.2, 0) is 6.54 Å². The molecule has 0 saturated carbocycles. The summed E-state index contributed by atoms with van der Waals surface area (Å²) in [6.45, 7) is 4.35. The number of aliphatic imine (C=N–C) groups is 2. The highest BCUT2D eigenvalue weighted by atomic mass is 19.1. The van der Waals surface area contributed by atoms with E-state index in [0.717, 1.165) is 28.0 Å². The summed E-state index contributed by atoms with van der Waals surface area (Å²) < 4.78 is 15.2. The van der Waals surface area contributed by atoms with E-state index in [1.54, 1.807) is 12.4 Å². The first-order chi connectivity index (χ1) is 13.0. The number of hydrogen-bond donors (Lipinski definition) is 2. The lowest BCUT2D eigenvalue weighted by Gasteiger charge is -2.07. The number of hydrogen-bond acceptors (Lipinski definition) is 3. The first-order valence-corrected chi connectivity index (χ1v) is 8.75. The van der Waals surface area contributed by atoms with Gasteiger partial charge >= 0.3 is 0 Å². The van der Waals surface area contributed by atoms with Crippen molar-refractivity contribution in [2.45, 2.75) is 26.6 Å². The third kappa shape index (κ3) is 4.98. The Labute approximate surface area is 157 Å². The summed E-state index contributed by atoms with van der Waals surface area (Å²) in [5, 5.41) is 11.7. The molecule has 0 fully saturated rings. The lowest BCUT2D eigenvalue weighted by Crippen LogP contribution is -2.18. The van der Waals surface area contributed by atoms with Crippen LogP contribution in [0.15, 0.2) is 58.6 Å². The van der Waals surface area contributed by atoms with E-state index in [1.807, 2.05) is 56.0 Å². The van der Waals surface area contributed by atoms with Crippen LogP contribution in [0.25, 0.3) is 10.9 Å². The predicted octanol–water partition coefficient (Wildman–Crippen LogP) is 3.65. The van der Waals surface area contributed by atoms with Crippen molar-refractivity contribution in [1.29, 1.82) is 0 Å². The second-order valence-corrected chi connectivity index (χ2v) is 6.27. The number of nitrogens with one attached hydrogen (secondary N) is 2. The number of aromatic nitrogens is 2. The fourth-order valence-electron chi connectivity index (χ4n) is 2.63. The van der Waals surface area contributed by atoms with E-state index >= 15 is 0 Å². The average Bonchev–Trinajstić information content (AvgIpc) is 3.03. The summed E-state index contributed by atoms with van der Waals surface area (Å²) in [5.41, 5.74) is 2.79. The molecule has 0 bridgehead atoms. The molecular formula is C20H23FN6. The number of nitrogens with zero attached hydrogens (tertiary/aromatic N) is 4. The first kappa shape index (κ1) is 18.7. The number of benzene rings is 2. The molecule has 1 atom stereocenters. The molecule has 2 aromatic carbocycles.